The Morgan fingerprint density at radius 3 is 1.50 bits per heavy atom. The van der Waals surface area contributed by atoms with Gasteiger partial charge in [0, 0.05) is 47.9 Å². The minimum absolute atomic E-state index is 0.168. The molecule has 0 fully saturated rings. The molecule has 182 valence electrons. The van der Waals surface area contributed by atoms with Gasteiger partial charge in [-0.1, -0.05) is 0 Å². The topological polar surface area (TPSA) is 242 Å². The molecule has 0 unspecified atom stereocenters. The van der Waals surface area contributed by atoms with Crippen molar-refractivity contribution in [2.45, 2.75) is 12.8 Å². The predicted molar refractivity (Wildman–Crippen MR) is 122 cm³/mol. The first-order chi connectivity index (χ1) is 17.1. The lowest BCUT2D eigenvalue weighted by Gasteiger charge is -1.94. The van der Waals surface area contributed by atoms with Crippen LogP contribution in [0.1, 0.15) is 12.8 Å². The van der Waals surface area contributed by atoms with Crippen molar-refractivity contribution in [2.24, 2.45) is 20.5 Å². The summed E-state index contributed by atoms with van der Waals surface area (Å²) in [5, 5.41) is 56.3. The molecule has 16 nitrogen and oxygen atoms in total. The Hall–Kier alpha value is -5.54. The van der Waals surface area contributed by atoms with Crippen molar-refractivity contribution in [1.29, 1.82) is 0 Å². The van der Waals surface area contributed by atoms with Crippen LogP contribution in [-0.2, 0) is 9.59 Å². The molecule has 0 spiro atoms. The van der Waals surface area contributed by atoms with Gasteiger partial charge in [0.15, 0.2) is 11.4 Å². The Balaban J connectivity index is 1.43. The highest BCUT2D eigenvalue weighted by molar-refractivity contribution is 5.97. The molecule has 0 radical (unpaired) electrons. The first kappa shape index (κ1) is 23.6. The Morgan fingerprint density at radius 1 is 0.750 bits per heavy atom. The van der Waals surface area contributed by atoms with Gasteiger partial charge in [-0.25, -0.2) is 0 Å². The number of azo groups is 2. The SMILES string of the molecule is O=C(CCC(=O)N=Nc1c(O)[nH]c2ccc([N+](=O)[O-])cc12)N=Nc1c(O)[nH]c2ccc([N+](=O)[O-])cc12. The zero-order valence-electron chi connectivity index (χ0n) is 17.9. The van der Waals surface area contributed by atoms with Crippen LogP contribution in [0.15, 0.2) is 56.9 Å². The summed E-state index contributed by atoms with van der Waals surface area (Å²) in [5.41, 5.74) is -0.206. The number of hydrogen-bond acceptors (Lipinski definition) is 10. The van der Waals surface area contributed by atoms with E-state index in [1.165, 1.54) is 24.3 Å². The van der Waals surface area contributed by atoms with Crippen LogP contribution in [0.3, 0.4) is 0 Å². The van der Waals surface area contributed by atoms with Crippen LogP contribution in [0, 0.1) is 20.2 Å². The van der Waals surface area contributed by atoms with E-state index in [0.717, 1.165) is 12.1 Å². The van der Waals surface area contributed by atoms with E-state index in [2.05, 4.69) is 30.4 Å². The molecule has 16 heteroatoms. The van der Waals surface area contributed by atoms with Gasteiger partial charge in [-0.05, 0) is 12.1 Å². The molecule has 2 heterocycles. The number of benzene rings is 2. The number of aromatic hydroxyl groups is 2. The van der Waals surface area contributed by atoms with Crippen molar-refractivity contribution < 1.29 is 29.6 Å². The van der Waals surface area contributed by atoms with Crippen molar-refractivity contribution in [3.05, 3.63) is 56.6 Å². The van der Waals surface area contributed by atoms with Gasteiger partial charge in [0.25, 0.3) is 23.2 Å². The number of nitrogens with zero attached hydrogens (tertiary/aromatic N) is 6. The molecule has 0 aliphatic carbocycles. The number of non-ortho nitro benzene ring substituents is 2. The summed E-state index contributed by atoms with van der Waals surface area (Å²) in [7, 11) is 0. The molecule has 0 aliphatic rings. The van der Waals surface area contributed by atoms with Gasteiger partial charge in [-0.15, -0.1) is 20.5 Å². The largest absolute Gasteiger partial charge is 0.493 e. The minimum Gasteiger partial charge on any atom is -0.493 e. The van der Waals surface area contributed by atoms with Gasteiger partial charge < -0.3 is 20.2 Å². The number of aromatic nitrogens is 2. The Labute approximate surface area is 198 Å². The molecule has 2 aromatic carbocycles. The number of H-pyrrole nitrogens is 2. The van der Waals surface area contributed by atoms with Crippen LogP contribution in [0.5, 0.6) is 11.8 Å². The molecule has 2 amide bonds. The molecule has 0 aliphatic heterocycles. The van der Waals surface area contributed by atoms with Crippen LogP contribution in [-0.4, -0.2) is 41.8 Å². The van der Waals surface area contributed by atoms with Crippen molar-refractivity contribution >= 4 is 56.4 Å². The standard InChI is InChI=1S/C20H14N8O8/c29-15(23-25-17-11-7-9(27(33)34)1-3-13(11)21-19(17)31)5-6-16(30)24-26-18-12-8-10(28(35)36)2-4-14(12)22-20(18)32/h1-4,7-8,21-22,31-32H,5-6H2. The molecule has 0 atom stereocenters. The fraction of sp³-hybridized carbons (Fsp3) is 0.100. The number of nitro benzene ring substituents is 2. The van der Waals surface area contributed by atoms with Crippen LogP contribution in [0.25, 0.3) is 21.8 Å². The van der Waals surface area contributed by atoms with Gasteiger partial charge in [-0.3, -0.25) is 29.8 Å². The second-order valence-electron chi connectivity index (χ2n) is 7.31. The number of aromatic amines is 2. The van der Waals surface area contributed by atoms with E-state index in [0.29, 0.717) is 11.0 Å². The molecule has 0 saturated carbocycles. The molecule has 4 aromatic rings. The number of fused-ring (bicyclic) bond motifs is 2. The minimum atomic E-state index is -0.844. The van der Waals surface area contributed by atoms with E-state index < -0.39 is 46.3 Å². The normalized spacial score (nSPS) is 11.7. The smallest absolute Gasteiger partial charge is 0.270 e. The average molecular weight is 494 g/mol. The lowest BCUT2D eigenvalue weighted by Crippen LogP contribution is -1.98. The van der Waals surface area contributed by atoms with Gasteiger partial charge >= 0.3 is 0 Å². The Bertz CT molecular complexity index is 1500. The third kappa shape index (κ3) is 4.72. The van der Waals surface area contributed by atoms with Crippen molar-refractivity contribution in [2.75, 3.05) is 0 Å². The number of nitro groups is 2. The third-order valence-corrected chi connectivity index (χ3v) is 4.97. The molecular weight excluding hydrogens is 480 g/mol. The number of nitrogens with one attached hydrogen (secondary N) is 2. The summed E-state index contributed by atoms with van der Waals surface area (Å²) in [6.45, 7) is 0. The quantitative estimate of drug-likeness (QED) is 0.160. The zero-order valence-corrected chi connectivity index (χ0v) is 17.9. The molecule has 4 rings (SSSR count). The summed E-state index contributed by atoms with van der Waals surface area (Å²) in [4.78, 5) is 49.8. The summed E-state index contributed by atoms with van der Waals surface area (Å²) < 4.78 is 0. The highest BCUT2D eigenvalue weighted by Crippen LogP contribution is 2.38. The van der Waals surface area contributed by atoms with E-state index in [1.807, 2.05) is 0 Å². The second kappa shape index (κ2) is 9.37. The summed E-state index contributed by atoms with van der Waals surface area (Å²) in [6.07, 6.45) is -0.841. The average Bonchev–Trinajstić information content (AvgIpc) is 3.33. The maximum Gasteiger partial charge on any atom is 0.270 e. The number of amides is 2. The maximum atomic E-state index is 12.0. The fourth-order valence-electron chi connectivity index (χ4n) is 3.26. The molecule has 0 saturated heterocycles. The summed E-state index contributed by atoms with van der Waals surface area (Å²) in [5.74, 6) is -2.59. The van der Waals surface area contributed by atoms with Crippen molar-refractivity contribution in [3.8, 4) is 11.8 Å². The van der Waals surface area contributed by atoms with Crippen LogP contribution >= 0.6 is 0 Å². The fourth-order valence-corrected chi connectivity index (χ4v) is 3.26. The van der Waals surface area contributed by atoms with E-state index in [4.69, 9.17) is 0 Å². The Kier molecular flexibility index (Phi) is 6.15. The highest BCUT2D eigenvalue weighted by Gasteiger charge is 2.17. The van der Waals surface area contributed by atoms with Gasteiger partial charge in [0.2, 0.25) is 11.8 Å². The van der Waals surface area contributed by atoms with E-state index in [1.54, 1.807) is 0 Å². The van der Waals surface area contributed by atoms with E-state index in [-0.39, 0.29) is 33.5 Å². The van der Waals surface area contributed by atoms with Crippen LogP contribution in [0.4, 0.5) is 22.7 Å². The third-order valence-electron chi connectivity index (χ3n) is 4.97. The molecular formula is C20H14N8O8. The second-order valence-corrected chi connectivity index (χ2v) is 7.31. The van der Waals surface area contributed by atoms with E-state index >= 15 is 0 Å². The van der Waals surface area contributed by atoms with E-state index in [9.17, 15) is 40.0 Å². The molecule has 36 heavy (non-hydrogen) atoms. The monoisotopic (exact) mass is 494 g/mol. The molecule has 4 N–H and O–H groups in total. The van der Waals surface area contributed by atoms with Crippen molar-refractivity contribution in [3.63, 3.8) is 0 Å². The number of carbonyl (C=O) groups is 2. The maximum absolute atomic E-state index is 12.0. The zero-order chi connectivity index (χ0) is 26.0. The summed E-state index contributed by atoms with van der Waals surface area (Å²) in [6, 6.07) is 7.48. The highest BCUT2D eigenvalue weighted by atomic mass is 16.6. The van der Waals surface area contributed by atoms with Crippen molar-refractivity contribution in [1.82, 2.24) is 9.97 Å². The summed E-state index contributed by atoms with van der Waals surface area (Å²) >= 11 is 0. The molecule has 2 aromatic heterocycles. The number of hydrogen-bond donors (Lipinski definition) is 4. The number of rotatable bonds is 7. The lowest BCUT2D eigenvalue weighted by atomic mass is 10.2. The molecule has 0 bridgehead atoms. The first-order valence-electron chi connectivity index (χ1n) is 10.0. The van der Waals surface area contributed by atoms with Crippen LogP contribution in [0.2, 0.25) is 0 Å². The predicted octanol–water partition coefficient (Wildman–Crippen LogP) is 4.58. The van der Waals surface area contributed by atoms with Gasteiger partial charge in [0.05, 0.1) is 20.9 Å². The van der Waals surface area contributed by atoms with Crippen LogP contribution < -0.4 is 0 Å². The first-order valence-corrected chi connectivity index (χ1v) is 10.0. The van der Waals surface area contributed by atoms with Gasteiger partial charge in [-0.2, -0.15) is 0 Å². The number of carbonyl (C=O) groups excluding carboxylic acids is 2. The Morgan fingerprint density at radius 2 is 1.14 bits per heavy atom. The van der Waals surface area contributed by atoms with Gasteiger partial charge in [0.1, 0.15) is 0 Å². The lowest BCUT2D eigenvalue weighted by molar-refractivity contribution is -0.384.